The van der Waals surface area contributed by atoms with Gasteiger partial charge in [0.2, 0.25) is 5.95 Å². The molecular weight excluding hydrogens is 545 g/mol. The van der Waals surface area contributed by atoms with Crippen LogP contribution < -0.4 is 16.0 Å². The number of hydrazine groups is 1. The molecule has 0 fully saturated rings. The predicted octanol–water partition coefficient (Wildman–Crippen LogP) is 6.03. The fourth-order valence-electron chi connectivity index (χ4n) is 4.32. The summed E-state index contributed by atoms with van der Waals surface area (Å²) >= 11 is 6.39. The monoisotopic (exact) mass is 575 g/mol. The molecule has 41 heavy (non-hydrogen) atoms. The molecule has 0 bridgehead atoms. The van der Waals surface area contributed by atoms with Gasteiger partial charge in [-0.1, -0.05) is 35.9 Å². The Morgan fingerprint density at radius 2 is 1.71 bits per heavy atom. The third-order valence-electron chi connectivity index (χ3n) is 6.42. The number of aromatic nitrogens is 2. The molecule has 0 atom stereocenters. The van der Waals surface area contributed by atoms with Gasteiger partial charge >= 0.3 is 0 Å². The van der Waals surface area contributed by atoms with Crippen LogP contribution in [0.1, 0.15) is 33.2 Å². The molecule has 0 aliphatic rings. The van der Waals surface area contributed by atoms with Crippen LogP contribution in [-0.4, -0.2) is 59.5 Å². The second kappa shape index (κ2) is 12.8. The van der Waals surface area contributed by atoms with Crippen molar-refractivity contribution in [3.8, 4) is 11.1 Å². The van der Waals surface area contributed by atoms with E-state index in [1.807, 2.05) is 13.8 Å². The molecule has 4 aromatic rings. The minimum Gasteiger partial charge on any atom is -0.355 e. The minimum atomic E-state index is -0.506. The molecule has 9 nitrogen and oxygen atoms in total. The predicted molar refractivity (Wildman–Crippen MR) is 160 cm³/mol. The van der Waals surface area contributed by atoms with Crippen molar-refractivity contribution in [1.82, 2.24) is 25.3 Å². The van der Waals surface area contributed by atoms with Crippen molar-refractivity contribution < 1.29 is 14.0 Å². The van der Waals surface area contributed by atoms with E-state index in [0.717, 1.165) is 11.1 Å². The van der Waals surface area contributed by atoms with Gasteiger partial charge in [0.1, 0.15) is 10.8 Å². The molecule has 1 heterocycles. The van der Waals surface area contributed by atoms with E-state index in [9.17, 15) is 9.59 Å². The zero-order valence-electron chi connectivity index (χ0n) is 23.4. The number of para-hydroxylation sites is 1. The molecule has 1 aromatic heterocycles. The largest absolute Gasteiger partial charge is 0.355 e. The molecule has 0 spiro atoms. The molecule has 3 N–H and O–H groups in total. The maximum absolute atomic E-state index is 15.2. The Bertz CT molecular complexity index is 1580. The average molecular weight is 576 g/mol. The summed E-state index contributed by atoms with van der Waals surface area (Å²) in [6.45, 7) is 4.25. The number of nitrogens with zero attached hydrogens (tertiary/aromatic N) is 4. The number of halogens is 2. The second-order valence-electron chi connectivity index (χ2n) is 9.36. The molecule has 0 aliphatic carbocycles. The lowest BCUT2D eigenvalue weighted by molar-refractivity contribution is 0.0231. The van der Waals surface area contributed by atoms with Crippen LogP contribution >= 0.6 is 11.6 Å². The zero-order valence-corrected chi connectivity index (χ0v) is 24.2. The first-order chi connectivity index (χ1) is 19.6. The van der Waals surface area contributed by atoms with Crippen molar-refractivity contribution in [1.29, 1.82) is 0 Å². The van der Waals surface area contributed by atoms with Crippen LogP contribution in [0.4, 0.5) is 27.5 Å². The number of benzene rings is 3. The number of hydrogen-bond acceptors (Lipinski definition) is 7. The van der Waals surface area contributed by atoms with Gasteiger partial charge in [-0.3, -0.25) is 14.6 Å². The van der Waals surface area contributed by atoms with Crippen molar-refractivity contribution in [3.63, 3.8) is 0 Å². The summed E-state index contributed by atoms with van der Waals surface area (Å²) in [5, 5.41) is 12.2. The van der Waals surface area contributed by atoms with E-state index in [2.05, 4.69) is 25.9 Å². The second-order valence-corrected chi connectivity index (χ2v) is 9.76. The van der Waals surface area contributed by atoms with Gasteiger partial charge in [-0.25, -0.2) is 14.4 Å². The van der Waals surface area contributed by atoms with Crippen LogP contribution in [0.15, 0.2) is 66.9 Å². The fourth-order valence-corrected chi connectivity index (χ4v) is 4.46. The van der Waals surface area contributed by atoms with E-state index in [1.165, 1.54) is 12.3 Å². The Morgan fingerprint density at radius 3 is 2.37 bits per heavy atom. The molecule has 2 amide bonds. The van der Waals surface area contributed by atoms with E-state index in [0.29, 0.717) is 28.9 Å². The van der Waals surface area contributed by atoms with Gasteiger partial charge in [0, 0.05) is 33.3 Å². The summed E-state index contributed by atoms with van der Waals surface area (Å²) < 4.78 is 15.2. The van der Waals surface area contributed by atoms with Gasteiger partial charge in [0.15, 0.2) is 5.82 Å². The number of rotatable bonds is 9. The van der Waals surface area contributed by atoms with Crippen LogP contribution in [0.5, 0.6) is 0 Å². The summed E-state index contributed by atoms with van der Waals surface area (Å²) in [5.41, 5.74) is 3.93. The maximum Gasteiger partial charge on any atom is 0.270 e. The van der Waals surface area contributed by atoms with Gasteiger partial charge < -0.3 is 16.0 Å². The number of carbonyl (C=O) groups excluding carboxylic acids is 2. The highest BCUT2D eigenvalue weighted by Crippen LogP contribution is 2.31. The van der Waals surface area contributed by atoms with Gasteiger partial charge in [-0.15, -0.1) is 0 Å². The molecule has 0 radical (unpaired) electrons. The number of hydrogen-bond donors (Lipinski definition) is 3. The van der Waals surface area contributed by atoms with Gasteiger partial charge in [0.05, 0.1) is 23.1 Å². The van der Waals surface area contributed by atoms with Crippen LogP contribution in [0.25, 0.3) is 11.1 Å². The van der Waals surface area contributed by atoms with Gasteiger partial charge in [-0.05, 0) is 66.9 Å². The lowest BCUT2D eigenvalue weighted by Crippen LogP contribution is -2.41. The number of nitrogens with one attached hydrogen (secondary N) is 3. The van der Waals surface area contributed by atoms with Crippen molar-refractivity contribution in [2.75, 3.05) is 38.3 Å². The standard InChI is InChI=1S/C30H31ClFN7O2/c1-6-39(38(4)5)29(41)21-9-7-8-10-25(21)35-27-23(31)17-34-30(37-27)36-26-15-18(2)22(16-24(26)32)19-11-13-20(14-12-19)28(40)33-3/h7-17H,6H2,1-5H3,(H,33,40)(H2,34,35,36,37). The van der Waals surface area contributed by atoms with Gasteiger partial charge in [-0.2, -0.15) is 4.98 Å². The maximum atomic E-state index is 15.2. The summed E-state index contributed by atoms with van der Waals surface area (Å²) in [4.78, 5) is 33.7. The zero-order chi connectivity index (χ0) is 29.7. The Kier molecular flexibility index (Phi) is 9.16. The molecule has 0 aliphatic heterocycles. The third-order valence-corrected chi connectivity index (χ3v) is 6.69. The van der Waals surface area contributed by atoms with Crippen molar-refractivity contribution in [3.05, 3.63) is 94.4 Å². The summed E-state index contributed by atoms with van der Waals surface area (Å²) in [5.74, 6) is -0.520. The number of amides is 2. The van der Waals surface area contributed by atoms with Crippen molar-refractivity contribution in [2.24, 2.45) is 0 Å². The molecule has 212 valence electrons. The first-order valence-electron chi connectivity index (χ1n) is 12.9. The van der Waals surface area contributed by atoms with Crippen LogP contribution in [0.3, 0.4) is 0 Å². The molecule has 4 rings (SSSR count). The molecule has 11 heteroatoms. The topological polar surface area (TPSA) is 102 Å². The Balaban J connectivity index is 1.59. The Hall–Kier alpha value is -4.54. The van der Waals surface area contributed by atoms with E-state index in [-0.39, 0.29) is 34.3 Å². The molecule has 3 aromatic carbocycles. The molecule has 0 unspecified atom stereocenters. The highest BCUT2D eigenvalue weighted by molar-refractivity contribution is 6.33. The Morgan fingerprint density at radius 1 is 1.00 bits per heavy atom. The van der Waals surface area contributed by atoms with E-state index in [1.54, 1.807) is 85.8 Å². The summed E-state index contributed by atoms with van der Waals surface area (Å²) in [6.07, 6.45) is 1.40. The SMILES string of the molecule is CCN(C(=O)c1ccccc1Nc1nc(Nc2cc(C)c(-c3ccc(C(=O)NC)cc3)cc2F)ncc1Cl)N(C)C. The first-order valence-corrected chi connectivity index (χ1v) is 13.3. The first kappa shape index (κ1) is 29.4. The van der Waals surface area contributed by atoms with E-state index < -0.39 is 5.82 Å². The van der Waals surface area contributed by atoms with Crippen LogP contribution in [-0.2, 0) is 0 Å². The van der Waals surface area contributed by atoms with Crippen LogP contribution in [0, 0.1) is 12.7 Å². The molecule has 0 saturated carbocycles. The smallest absolute Gasteiger partial charge is 0.270 e. The highest BCUT2D eigenvalue weighted by atomic mass is 35.5. The van der Waals surface area contributed by atoms with Gasteiger partial charge in [0.25, 0.3) is 11.8 Å². The lowest BCUT2D eigenvalue weighted by Gasteiger charge is -2.28. The molecular formula is C30H31ClFN7O2. The number of aryl methyl sites for hydroxylation is 1. The fraction of sp³-hybridized carbons (Fsp3) is 0.200. The molecule has 0 saturated heterocycles. The summed E-state index contributed by atoms with van der Waals surface area (Å²) in [7, 11) is 5.16. The highest BCUT2D eigenvalue weighted by Gasteiger charge is 2.20. The number of anilines is 4. The van der Waals surface area contributed by atoms with Crippen LogP contribution in [0.2, 0.25) is 5.02 Å². The number of carbonyl (C=O) groups is 2. The summed E-state index contributed by atoms with van der Waals surface area (Å²) in [6, 6.07) is 17.1. The third kappa shape index (κ3) is 6.62. The Labute approximate surface area is 243 Å². The van der Waals surface area contributed by atoms with Crippen molar-refractivity contribution >= 4 is 46.6 Å². The quantitative estimate of drug-likeness (QED) is 0.209. The van der Waals surface area contributed by atoms with E-state index in [4.69, 9.17) is 11.6 Å². The minimum absolute atomic E-state index is 0.116. The van der Waals surface area contributed by atoms with E-state index >= 15 is 4.39 Å². The lowest BCUT2D eigenvalue weighted by atomic mass is 9.98. The normalized spacial score (nSPS) is 10.8. The van der Waals surface area contributed by atoms with Crippen molar-refractivity contribution in [2.45, 2.75) is 13.8 Å². The average Bonchev–Trinajstić information content (AvgIpc) is 2.96.